The van der Waals surface area contributed by atoms with Gasteiger partial charge in [-0.25, -0.2) is 9.59 Å². The van der Waals surface area contributed by atoms with Gasteiger partial charge in [0.25, 0.3) is 0 Å². The van der Waals surface area contributed by atoms with E-state index in [1.807, 2.05) is 0 Å². The number of hydrogen-bond acceptors (Lipinski definition) is 7. The second kappa shape index (κ2) is 10.7. The first-order valence-electron chi connectivity index (χ1n) is 7.33. The van der Waals surface area contributed by atoms with Crippen molar-refractivity contribution < 1.29 is 23.6 Å². The molecule has 7 heteroatoms. The minimum absolute atomic E-state index is 0.257. The number of unbranched alkanes of at least 4 members (excludes halogenated alkanes) is 1. The maximum absolute atomic E-state index is 11.4. The molecule has 0 fully saturated rings. The van der Waals surface area contributed by atoms with Gasteiger partial charge < -0.3 is 14.0 Å². The number of hydrogen-bond donors (Lipinski definition) is 0. The van der Waals surface area contributed by atoms with Crippen LogP contribution in [-0.2, 0) is 19.1 Å². The molecule has 24 heavy (non-hydrogen) atoms. The Hall–Kier alpha value is -2.96. The summed E-state index contributed by atoms with van der Waals surface area (Å²) in [5.74, 6) is -0.0575. The molecular weight excluding hydrogens is 312 g/mol. The fourth-order valence-corrected chi connectivity index (χ4v) is 1.47. The Morgan fingerprint density at radius 1 is 1.12 bits per heavy atom. The van der Waals surface area contributed by atoms with Gasteiger partial charge in [0.1, 0.15) is 0 Å². The molecule has 0 aromatic carbocycles. The van der Waals surface area contributed by atoms with Crippen molar-refractivity contribution in [2.75, 3.05) is 13.2 Å². The smallest absolute Gasteiger partial charge is 0.330 e. The Morgan fingerprint density at radius 3 is 2.33 bits per heavy atom. The van der Waals surface area contributed by atoms with Gasteiger partial charge >= 0.3 is 11.9 Å². The quantitative estimate of drug-likeness (QED) is 0.281. The van der Waals surface area contributed by atoms with Gasteiger partial charge in [-0.05, 0) is 12.8 Å². The molecule has 0 bridgehead atoms. The highest BCUT2D eigenvalue weighted by Gasteiger charge is 2.02. The summed E-state index contributed by atoms with van der Waals surface area (Å²) in [6.07, 6.45) is 8.43. The third-order valence-electron chi connectivity index (χ3n) is 2.65. The number of esters is 2. The van der Waals surface area contributed by atoms with Gasteiger partial charge in [-0.1, -0.05) is 36.5 Å². The van der Waals surface area contributed by atoms with Crippen LogP contribution in [-0.4, -0.2) is 35.3 Å². The Morgan fingerprint density at radius 2 is 1.75 bits per heavy atom. The van der Waals surface area contributed by atoms with E-state index >= 15 is 0 Å². The number of carbonyl (C=O) groups excluding carboxylic acids is 2. The average molecular weight is 332 g/mol. The van der Waals surface area contributed by atoms with Gasteiger partial charge in [-0.2, -0.15) is 4.98 Å². The summed E-state index contributed by atoms with van der Waals surface area (Å²) >= 11 is 0. The lowest BCUT2D eigenvalue weighted by Crippen LogP contribution is -2.05. The summed E-state index contributed by atoms with van der Waals surface area (Å²) in [6.45, 7) is 9.30. The van der Waals surface area contributed by atoms with Crippen molar-refractivity contribution >= 4 is 17.5 Å². The lowest BCUT2D eigenvalue weighted by Gasteiger charge is -2.02. The first-order valence-corrected chi connectivity index (χ1v) is 7.33. The summed E-state index contributed by atoms with van der Waals surface area (Å²) in [5, 5.41) is 3.72. The summed E-state index contributed by atoms with van der Waals surface area (Å²) < 4.78 is 14.6. The fourth-order valence-electron chi connectivity index (χ4n) is 1.47. The molecule has 1 heterocycles. The first-order chi connectivity index (χ1) is 11.5. The maximum Gasteiger partial charge on any atom is 0.330 e. The van der Waals surface area contributed by atoms with Crippen molar-refractivity contribution in [3.8, 4) is 0 Å². The molecule has 0 saturated heterocycles. The normalized spacial score (nSPS) is 10.9. The number of rotatable bonds is 10. The molecule has 0 unspecified atom stereocenters. The second-order valence-electron chi connectivity index (χ2n) is 4.63. The van der Waals surface area contributed by atoms with E-state index in [1.165, 1.54) is 12.2 Å². The van der Waals surface area contributed by atoms with E-state index in [0.29, 0.717) is 30.1 Å². The van der Waals surface area contributed by atoms with Crippen LogP contribution < -0.4 is 0 Å². The van der Waals surface area contributed by atoms with Crippen molar-refractivity contribution in [2.24, 2.45) is 0 Å². The predicted octanol–water partition coefficient (Wildman–Crippen LogP) is 2.56. The van der Waals surface area contributed by atoms with Crippen LogP contribution in [0.25, 0.3) is 5.57 Å². The standard InChI is InChI=1S/C17H20N2O5/c1-4-15(20)22-11-7-8-12-23-16(21)10-6-5-9-13(2)17-18-14(3)24-19-17/h4-6,9-10H,1-2,7-8,11-12H2,3H3/b9-5-,10-6+. The first kappa shape index (κ1) is 19.1. The minimum Gasteiger partial charge on any atom is -0.463 e. The second-order valence-corrected chi connectivity index (χ2v) is 4.63. The van der Waals surface area contributed by atoms with E-state index in [9.17, 15) is 9.59 Å². The molecule has 0 aliphatic heterocycles. The van der Waals surface area contributed by atoms with Crippen LogP contribution in [0, 0.1) is 6.92 Å². The van der Waals surface area contributed by atoms with Crippen LogP contribution in [0.2, 0.25) is 0 Å². The van der Waals surface area contributed by atoms with Crippen molar-refractivity contribution in [2.45, 2.75) is 19.8 Å². The van der Waals surface area contributed by atoms with Gasteiger partial charge in [0.15, 0.2) is 0 Å². The van der Waals surface area contributed by atoms with E-state index in [4.69, 9.17) is 14.0 Å². The zero-order chi connectivity index (χ0) is 17.8. The highest BCUT2D eigenvalue weighted by Crippen LogP contribution is 2.09. The molecule has 1 aromatic rings. The van der Waals surface area contributed by atoms with Crippen LogP contribution in [0.5, 0.6) is 0 Å². The number of carbonyl (C=O) groups is 2. The number of aromatic nitrogens is 2. The molecule has 0 aliphatic carbocycles. The zero-order valence-electron chi connectivity index (χ0n) is 13.6. The molecular formula is C17H20N2O5. The van der Waals surface area contributed by atoms with Crippen LogP contribution in [0.1, 0.15) is 24.6 Å². The highest BCUT2D eigenvalue weighted by atomic mass is 16.5. The molecule has 0 aliphatic rings. The van der Waals surface area contributed by atoms with Crippen molar-refractivity contribution in [3.63, 3.8) is 0 Å². The maximum atomic E-state index is 11.4. The molecule has 0 spiro atoms. The van der Waals surface area contributed by atoms with Crippen molar-refractivity contribution in [3.05, 3.63) is 55.3 Å². The predicted molar refractivity (Wildman–Crippen MR) is 87.7 cm³/mol. The third-order valence-corrected chi connectivity index (χ3v) is 2.65. The summed E-state index contributed by atoms with van der Waals surface area (Å²) in [6, 6.07) is 0. The Kier molecular flexibility index (Phi) is 8.52. The molecule has 0 saturated carbocycles. The third kappa shape index (κ3) is 7.88. The van der Waals surface area contributed by atoms with Crippen LogP contribution >= 0.6 is 0 Å². The highest BCUT2D eigenvalue weighted by molar-refractivity contribution is 5.82. The van der Waals surface area contributed by atoms with Crippen molar-refractivity contribution in [1.82, 2.24) is 10.1 Å². The number of aryl methyl sites for hydroxylation is 1. The van der Waals surface area contributed by atoms with E-state index < -0.39 is 11.9 Å². The van der Waals surface area contributed by atoms with Gasteiger partial charge in [0.2, 0.25) is 11.7 Å². The summed E-state index contributed by atoms with van der Waals surface area (Å²) in [7, 11) is 0. The lowest BCUT2D eigenvalue weighted by molar-refractivity contribution is -0.140. The summed E-state index contributed by atoms with van der Waals surface area (Å²) in [5.41, 5.74) is 0.568. The van der Waals surface area contributed by atoms with Crippen LogP contribution in [0.15, 0.2) is 48.1 Å². The van der Waals surface area contributed by atoms with E-state index in [-0.39, 0.29) is 13.2 Å². The van der Waals surface area contributed by atoms with E-state index in [1.54, 1.807) is 19.1 Å². The lowest BCUT2D eigenvalue weighted by atomic mass is 10.2. The van der Waals surface area contributed by atoms with Gasteiger partial charge in [0.05, 0.1) is 13.2 Å². The van der Waals surface area contributed by atoms with Gasteiger partial charge in [-0.15, -0.1) is 0 Å². The number of nitrogens with zero attached hydrogens (tertiary/aromatic N) is 2. The molecule has 1 aromatic heterocycles. The van der Waals surface area contributed by atoms with Gasteiger partial charge in [-0.3, -0.25) is 0 Å². The largest absolute Gasteiger partial charge is 0.463 e. The monoisotopic (exact) mass is 332 g/mol. The molecule has 0 radical (unpaired) electrons. The van der Waals surface area contributed by atoms with Crippen LogP contribution in [0.4, 0.5) is 0 Å². The Bertz CT molecular complexity index is 643. The minimum atomic E-state index is -0.459. The molecule has 7 nitrogen and oxygen atoms in total. The zero-order valence-corrected chi connectivity index (χ0v) is 13.6. The molecule has 0 N–H and O–H groups in total. The van der Waals surface area contributed by atoms with Crippen molar-refractivity contribution in [1.29, 1.82) is 0 Å². The Balaban J connectivity index is 2.17. The molecule has 0 amide bonds. The number of allylic oxidation sites excluding steroid dienone is 4. The van der Waals surface area contributed by atoms with E-state index in [2.05, 4.69) is 23.3 Å². The molecule has 128 valence electrons. The number of ether oxygens (including phenoxy) is 2. The fraction of sp³-hybridized carbons (Fsp3) is 0.294. The average Bonchev–Trinajstić information content (AvgIpc) is 3.00. The summed E-state index contributed by atoms with van der Waals surface area (Å²) in [4.78, 5) is 26.2. The molecule has 1 rings (SSSR count). The van der Waals surface area contributed by atoms with E-state index in [0.717, 1.165) is 6.08 Å². The van der Waals surface area contributed by atoms with Gasteiger partial charge in [0, 0.05) is 24.6 Å². The Labute approximate surface area is 140 Å². The molecule has 0 atom stereocenters. The van der Waals surface area contributed by atoms with Crippen LogP contribution in [0.3, 0.4) is 0 Å². The topological polar surface area (TPSA) is 91.5 Å². The SMILES string of the molecule is C=CC(=O)OCCCCOC(=O)/C=C/C=C\C(=C)c1noc(C)n1.